The Balaban J connectivity index is 1.42. The maximum absolute atomic E-state index is 11.3. The van der Waals surface area contributed by atoms with Crippen molar-refractivity contribution in [3.05, 3.63) is 70.5 Å². The zero-order chi connectivity index (χ0) is 19.5. The minimum atomic E-state index is -0.467. The van der Waals surface area contributed by atoms with Crippen LogP contribution in [0.25, 0.3) is 0 Å². The number of hydrogen-bond donors (Lipinski definition) is 1. The zero-order valence-electron chi connectivity index (χ0n) is 15.7. The SMILES string of the molecule is Cc1nc([C@@H]2CCCN2Cc2ccc(Oc3cccc(C(N)=O)c3)cc2)ns1. The van der Waals surface area contributed by atoms with Gasteiger partial charge < -0.3 is 10.5 Å². The first kappa shape index (κ1) is 18.6. The summed E-state index contributed by atoms with van der Waals surface area (Å²) in [5.74, 6) is 1.80. The number of hydrogen-bond acceptors (Lipinski definition) is 6. The van der Waals surface area contributed by atoms with Crippen LogP contribution in [0.15, 0.2) is 48.5 Å². The molecule has 144 valence electrons. The van der Waals surface area contributed by atoms with Crippen molar-refractivity contribution in [2.45, 2.75) is 32.4 Å². The molecule has 2 aromatic carbocycles. The Hall–Kier alpha value is -2.77. The second kappa shape index (κ2) is 8.08. The van der Waals surface area contributed by atoms with E-state index in [2.05, 4.69) is 26.4 Å². The number of benzene rings is 2. The average molecular weight is 395 g/mol. The Morgan fingerprint density at radius 2 is 2.07 bits per heavy atom. The van der Waals surface area contributed by atoms with Gasteiger partial charge in [-0.2, -0.15) is 4.37 Å². The van der Waals surface area contributed by atoms with Gasteiger partial charge in [0.25, 0.3) is 0 Å². The van der Waals surface area contributed by atoms with Crippen molar-refractivity contribution in [2.24, 2.45) is 5.73 Å². The topological polar surface area (TPSA) is 81.3 Å². The second-order valence-corrected chi connectivity index (χ2v) is 7.89. The standard InChI is InChI=1S/C21H22N4O2S/c1-14-23-21(24-28-14)19-6-3-11-25(19)13-15-7-9-17(10-8-15)27-18-5-2-4-16(12-18)20(22)26/h2,4-5,7-10,12,19H,3,6,11,13H2,1H3,(H2,22,26)/t19-/m0/s1. The number of aryl methyl sites for hydroxylation is 1. The summed E-state index contributed by atoms with van der Waals surface area (Å²) < 4.78 is 10.4. The number of rotatable bonds is 6. The molecule has 0 unspecified atom stereocenters. The first-order valence-corrected chi connectivity index (χ1v) is 10.1. The number of nitrogens with two attached hydrogens (primary N) is 1. The van der Waals surface area contributed by atoms with E-state index in [1.54, 1.807) is 24.3 Å². The van der Waals surface area contributed by atoms with Gasteiger partial charge in [0, 0.05) is 12.1 Å². The highest BCUT2D eigenvalue weighted by molar-refractivity contribution is 7.05. The van der Waals surface area contributed by atoms with E-state index in [-0.39, 0.29) is 0 Å². The van der Waals surface area contributed by atoms with Crippen molar-refractivity contribution in [3.63, 3.8) is 0 Å². The van der Waals surface area contributed by atoms with E-state index < -0.39 is 5.91 Å². The molecule has 0 saturated carbocycles. The van der Waals surface area contributed by atoms with Crippen LogP contribution < -0.4 is 10.5 Å². The molecule has 1 fully saturated rings. The third kappa shape index (κ3) is 4.21. The number of likely N-dealkylation sites (tertiary alicyclic amines) is 1. The largest absolute Gasteiger partial charge is 0.457 e. The van der Waals surface area contributed by atoms with Gasteiger partial charge in [-0.05, 0) is 73.7 Å². The summed E-state index contributed by atoms with van der Waals surface area (Å²) in [7, 11) is 0. The Kier molecular flexibility index (Phi) is 5.36. The average Bonchev–Trinajstić information content (AvgIpc) is 3.32. The first-order chi connectivity index (χ1) is 13.6. The third-order valence-corrected chi connectivity index (χ3v) is 5.50. The Labute approximate surface area is 168 Å². The van der Waals surface area contributed by atoms with Crippen LogP contribution in [0, 0.1) is 6.92 Å². The highest BCUT2D eigenvalue weighted by Gasteiger charge is 2.28. The predicted octanol–water partition coefficient (Wildman–Crippen LogP) is 4.07. The van der Waals surface area contributed by atoms with Gasteiger partial charge in [-0.25, -0.2) is 4.98 Å². The number of carbonyl (C=O) groups is 1. The van der Waals surface area contributed by atoms with Crippen LogP contribution in [-0.2, 0) is 6.54 Å². The van der Waals surface area contributed by atoms with Gasteiger partial charge in [0.2, 0.25) is 5.91 Å². The van der Waals surface area contributed by atoms with Crippen LogP contribution in [0.5, 0.6) is 11.5 Å². The number of aromatic nitrogens is 2. The molecular weight excluding hydrogens is 372 g/mol. The lowest BCUT2D eigenvalue weighted by molar-refractivity contribution is 0.1000. The van der Waals surface area contributed by atoms with Crippen molar-refractivity contribution in [2.75, 3.05) is 6.54 Å². The van der Waals surface area contributed by atoms with Gasteiger partial charge in [-0.3, -0.25) is 9.69 Å². The van der Waals surface area contributed by atoms with Gasteiger partial charge in [0.1, 0.15) is 16.5 Å². The maximum Gasteiger partial charge on any atom is 0.248 e. The summed E-state index contributed by atoms with van der Waals surface area (Å²) in [4.78, 5) is 18.3. The minimum absolute atomic E-state index is 0.303. The molecule has 1 aliphatic heterocycles. The summed E-state index contributed by atoms with van der Waals surface area (Å²) in [5.41, 5.74) is 6.97. The molecule has 0 radical (unpaired) electrons. The van der Waals surface area contributed by atoms with Gasteiger partial charge in [-0.1, -0.05) is 18.2 Å². The third-order valence-electron chi connectivity index (χ3n) is 4.87. The molecule has 3 aromatic rings. The summed E-state index contributed by atoms with van der Waals surface area (Å²) in [6.07, 6.45) is 2.27. The Bertz CT molecular complexity index is 971. The van der Waals surface area contributed by atoms with Crippen molar-refractivity contribution in [1.82, 2.24) is 14.3 Å². The van der Waals surface area contributed by atoms with Crippen LogP contribution in [0.2, 0.25) is 0 Å². The molecule has 4 rings (SSSR count). The fourth-order valence-electron chi connectivity index (χ4n) is 3.50. The molecule has 1 atom stereocenters. The highest BCUT2D eigenvalue weighted by atomic mass is 32.1. The molecule has 2 N–H and O–H groups in total. The van der Waals surface area contributed by atoms with Crippen LogP contribution in [0.3, 0.4) is 0 Å². The minimum Gasteiger partial charge on any atom is -0.457 e. The number of nitrogens with zero attached hydrogens (tertiary/aromatic N) is 3. The number of carbonyl (C=O) groups excluding carboxylic acids is 1. The molecule has 1 saturated heterocycles. The highest BCUT2D eigenvalue weighted by Crippen LogP contribution is 2.32. The van der Waals surface area contributed by atoms with Gasteiger partial charge in [-0.15, -0.1) is 0 Å². The first-order valence-electron chi connectivity index (χ1n) is 9.29. The van der Waals surface area contributed by atoms with Crippen molar-refractivity contribution in [1.29, 1.82) is 0 Å². The smallest absolute Gasteiger partial charge is 0.248 e. The fraction of sp³-hybridized carbons (Fsp3) is 0.286. The number of amides is 1. The van der Waals surface area contributed by atoms with E-state index in [1.807, 2.05) is 19.1 Å². The predicted molar refractivity (Wildman–Crippen MR) is 109 cm³/mol. The van der Waals surface area contributed by atoms with Crippen molar-refractivity contribution >= 4 is 17.4 Å². The molecule has 1 aromatic heterocycles. The molecule has 1 amide bonds. The van der Waals surface area contributed by atoms with E-state index in [1.165, 1.54) is 23.5 Å². The van der Waals surface area contributed by atoms with Crippen molar-refractivity contribution < 1.29 is 9.53 Å². The van der Waals surface area contributed by atoms with Gasteiger partial charge in [0.05, 0.1) is 6.04 Å². The second-order valence-electron chi connectivity index (χ2n) is 6.94. The quantitative estimate of drug-likeness (QED) is 0.681. The monoisotopic (exact) mass is 394 g/mol. The van der Waals surface area contributed by atoms with Crippen molar-refractivity contribution in [3.8, 4) is 11.5 Å². The van der Waals surface area contributed by atoms with Gasteiger partial charge >= 0.3 is 0 Å². The number of primary amides is 1. The van der Waals surface area contributed by atoms with Crippen LogP contribution >= 0.6 is 11.5 Å². The lowest BCUT2D eigenvalue weighted by Gasteiger charge is -2.22. The summed E-state index contributed by atoms with van der Waals surface area (Å²) in [6.45, 7) is 3.92. The zero-order valence-corrected chi connectivity index (χ0v) is 16.5. The van der Waals surface area contributed by atoms with Gasteiger partial charge in [0.15, 0.2) is 5.82 Å². The Morgan fingerprint density at radius 1 is 1.25 bits per heavy atom. The molecule has 0 bridgehead atoms. The van der Waals surface area contributed by atoms with E-state index in [9.17, 15) is 4.79 Å². The normalized spacial score (nSPS) is 17.0. The molecule has 7 heteroatoms. The number of ether oxygens (including phenoxy) is 1. The van der Waals surface area contributed by atoms with Crippen LogP contribution in [0.1, 0.15) is 45.6 Å². The molecule has 1 aliphatic rings. The summed E-state index contributed by atoms with van der Waals surface area (Å²) in [5, 5.41) is 1.02. The van der Waals surface area contributed by atoms with E-state index in [0.717, 1.165) is 36.1 Å². The Morgan fingerprint density at radius 3 is 2.79 bits per heavy atom. The molecule has 0 spiro atoms. The molecular formula is C21H22N4O2S. The lowest BCUT2D eigenvalue weighted by atomic mass is 10.1. The lowest BCUT2D eigenvalue weighted by Crippen LogP contribution is -2.23. The summed E-state index contributed by atoms with van der Waals surface area (Å²) in [6, 6.07) is 15.2. The molecule has 6 nitrogen and oxygen atoms in total. The van der Waals surface area contributed by atoms with Crippen LogP contribution in [0.4, 0.5) is 0 Å². The van der Waals surface area contributed by atoms with Crippen LogP contribution in [-0.4, -0.2) is 26.7 Å². The van der Waals surface area contributed by atoms with E-state index in [0.29, 0.717) is 17.4 Å². The fourth-order valence-corrected chi connectivity index (χ4v) is 4.03. The summed E-state index contributed by atoms with van der Waals surface area (Å²) >= 11 is 1.47. The molecule has 0 aliphatic carbocycles. The molecule has 2 heterocycles. The maximum atomic E-state index is 11.3. The van der Waals surface area contributed by atoms with E-state index in [4.69, 9.17) is 10.5 Å². The molecule has 28 heavy (non-hydrogen) atoms. The van der Waals surface area contributed by atoms with E-state index >= 15 is 0 Å².